The standard InChI is InChI=1S/C15H21BrN2O3/c1-17-5-7-18(8-6-17)13(10-15(19)20)12-9-11(16)3-4-14(12)21-2/h3-4,9,13H,5-8,10H2,1-2H3,(H,19,20). The van der Waals surface area contributed by atoms with E-state index in [-0.39, 0.29) is 12.5 Å². The van der Waals surface area contributed by atoms with Crippen LogP contribution in [0.3, 0.4) is 0 Å². The Labute approximate surface area is 133 Å². The van der Waals surface area contributed by atoms with Gasteiger partial charge in [-0.25, -0.2) is 0 Å². The van der Waals surface area contributed by atoms with Gasteiger partial charge in [-0.2, -0.15) is 0 Å². The molecule has 5 nitrogen and oxygen atoms in total. The predicted molar refractivity (Wildman–Crippen MR) is 84.8 cm³/mol. The molecule has 1 atom stereocenters. The first-order chi connectivity index (χ1) is 10.0. The molecule has 0 bridgehead atoms. The number of piperazine rings is 1. The van der Waals surface area contributed by atoms with Crippen LogP contribution < -0.4 is 4.74 Å². The highest BCUT2D eigenvalue weighted by Crippen LogP contribution is 2.34. The first kappa shape index (κ1) is 16.3. The molecule has 21 heavy (non-hydrogen) atoms. The summed E-state index contributed by atoms with van der Waals surface area (Å²) in [5, 5.41) is 9.27. The Bertz CT molecular complexity index is 502. The summed E-state index contributed by atoms with van der Waals surface area (Å²) in [4.78, 5) is 15.8. The Morgan fingerprint density at radius 3 is 2.62 bits per heavy atom. The molecule has 0 saturated carbocycles. The highest BCUT2D eigenvalue weighted by Gasteiger charge is 2.28. The van der Waals surface area contributed by atoms with Gasteiger partial charge in [0.05, 0.1) is 13.5 Å². The molecule has 1 aromatic carbocycles. The van der Waals surface area contributed by atoms with Crippen LogP contribution in [0.25, 0.3) is 0 Å². The van der Waals surface area contributed by atoms with Crippen molar-refractivity contribution in [1.82, 2.24) is 9.80 Å². The van der Waals surface area contributed by atoms with Crippen molar-refractivity contribution in [3.05, 3.63) is 28.2 Å². The third-order valence-corrected chi connectivity index (χ3v) is 4.39. The molecule has 0 radical (unpaired) electrons. The van der Waals surface area contributed by atoms with E-state index in [1.54, 1.807) is 7.11 Å². The number of aliphatic carboxylic acids is 1. The van der Waals surface area contributed by atoms with Gasteiger partial charge in [-0.3, -0.25) is 9.69 Å². The Balaban J connectivity index is 2.31. The third-order valence-electron chi connectivity index (χ3n) is 3.90. The van der Waals surface area contributed by atoms with Crippen LogP contribution in [0.2, 0.25) is 0 Å². The topological polar surface area (TPSA) is 53.0 Å². The van der Waals surface area contributed by atoms with E-state index < -0.39 is 5.97 Å². The summed E-state index contributed by atoms with van der Waals surface area (Å²) in [7, 11) is 3.71. The van der Waals surface area contributed by atoms with Crippen LogP contribution in [0.4, 0.5) is 0 Å². The van der Waals surface area contributed by atoms with E-state index in [1.165, 1.54) is 0 Å². The van der Waals surface area contributed by atoms with Crippen molar-refractivity contribution >= 4 is 21.9 Å². The summed E-state index contributed by atoms with van der Waals surface area (Å²) >= 11 is 3.46. The van der Waals surface area contributed by atoms with Crippen LogP contribution in [0, 0.1) is 0 Å². The van der Waals surface area contributed by atoms with Crippen LogP contribution in [0.5, 0.6) is 5.75 Å². The van der Waals surface area contributed by atoms with Gasteiger partial charge in [0.15, 0.2) is 0 Å². The average Bonchev–Trinajstić information content (AvgIpc) is 2.45. The molecule has 1 saturated heterocycles. The van der Waals surface area contributed by atoms with Gasteiger partial charge in [-0.1, -0.05) is 15.9 Å². The summed E-state index contributed by atoms with van der Waals surface area (Å²) in [5.41, 5.74) is 0.929. The van der Waals surface area contributed by atoms with Gasteiger partial charge >= 0.3 is 5.97 Å². The van der Waals surface area contributed by atoms with Crippen LogP contribution in [0.1, 0.15) is 18.0 Å². The number of carboxylic acid groups (broad SMARTS) is 1. The summed E-state index contributed by atoms with van der Waals surface area (Å²) in [6.45, 7) is 3.63. The lowest BCUT2D eigenvalue weighted by Gasteiger charge is -2.38. The number of hydrogen-bond donors (Lipinski definition) is 1. The number of nitrogens with zero attached hydrogens (tertiary/aromatic N) is 2. The molecule has 1 N–H and O–H groups in total. The van der Waals surface area contributed by atoms with Crippen LogP contribution in [-0.2, 0) is 4.79 Å². The van der Waals surface area contributed by atoms with Gasteiger partial charge in [0.1, 0.15) is 5.75 Å². The fraction of sp³-hybridized carbons (Fsp3) is 0.533. The maximum absolute atomic E-state index is 11.3. The predicted octanol–water partition coefficient (Wildman–Crippen LogP) is 2.22. The third kappa shape index (κ3) is 4.18. The fourth-order valence-electron chi connectivity index (χ4n) is 2.70. The van der Waals surface area contributed by atoms with Crippen molar-refractivity contribution in [3.8, 4) is 5.75 Å². The van der Waals surface area contributed by atoms with Crippen LogP contribution in [-0.4, -0.2) is 61.2 Å². The van der Waals surface area contributed by atoms with Gasteiger partial charge in [0.25, 0.3) is 0 Å². The Morgan fingerprint density at radius 1 is 1.38 bits per heavy atom. The van der Waals surface area contributed by atoms with Crippen molar-refractivity contribution in [2.75, 3.05) is 40.3 Å². The first-order valence-electron chi connectivity index (χ1n) is 6.99. The second-order valence-corrected chi connectivity index (χ2v) is 6.25. The number of likely N-dealkylation sites (N-methyl/N-ethyl adjacent to an activating group) is 1. The van der Waals surface area contributed by atoms with E-state index in [0.717, 1.165) is 42.0 Å². The number of ether oxygens (including phenoxy) is 1. The maximum Gasteiger partial charge on any atom is 0.305 e. The molecule has 1 aliphatic heterocycles. The first-order valence-corrected chi connectivity index (χ1v) is 7.78. The van der Waals surface area contributed by atoms with E-state index in [4.69, 9.17) is 4.74 Å². The normalized spacial score (nSPS) is 18.4. The molecule has 6 heteroatoms. The van der Waals surface area contributed by atoms with Crippen molar-refractivity contribution in [2.45, 2.75) is 12.5 Å². The molecule has 1 unspecified atom stereocenters. The second kappa shape index (κ2) is 7.24. The molecular formula is C15H21BrN2O3. The largest absolute Gasteiger partial charge is 0.496 e. The Hall–Kier alpha value is -1.11. The highest BCUT2D eigenvalue weighted by atomic mass is 79.9. The second-order valence-electron chi connectivity index (χ2n) is 5.34. The van der Waals surface area contributed by atoms with E-state index in [9.17, 15) is 9.90 Å². The maximum atomic E-state index is 11.3. The highest BCUT2D eigenvalue weighted by molar-refractivity contribution is 9.10. The Morgan fingerprint density at radius 2 is 2.05 bits per heavy atom. The minimum atomic E-state index is -0.791. The van der Waals surface area contributed by atoms with E-state index >= 15 is 0 Å². The molecule has 2 rings (SSSR count). The van der Waals surface area contributed by atoms with Gasteiger partial charge in [-0.15, -0.1) is 0 Å². The lowest BCUT2D eigenvalue weighted by molar-refractivity contribution is -0.138. The molecule has 0 spiro atoms. The minimum absolute atomic E-state index is 0.0799. The van der Waals surface area contributed by atoms with Gasteiger partial charge < -0.3 is 14.7 Å². The number of halogens is 1. The minimum Gasteiger partial charge on any atom is -0.496 e. The number of rotatable bonds is 5. The summed E-state index contributed by atoms with van der Waals surface area (Å²) in [6.07, 6.45) is 0.0799. The molecular weight excluding hydrogens is 336 g/mol. The molecule has 1 aliphatic rings. The van der Waals surface area contributed by atoms with Gasteiger partial charge in [0.2, 0.25) is 0 Å². The zero-order valence-electron chi connectivity index (χ0n) is 12.4. The number of benzene rings is 1. The molecule has 0 aromatic heterocycles. The van der Waals surface area contributed by atoms with E-state index in [1.807, 2.05) is 18.2 Å². The monoisotopic (exact) mass is 356 g/mol. The Kier molecular flexibility index (Phi) is 5.61. The smallest absolute Gasteiger partial charge is 0.305 e. The summed E-state index contributed by atoms with van der Waals surface area (Å²) in [5.74, 6) is -0.0515. The number of hydrogen-bond acceptors (Lipinski definition) is 4. The van der Waals surface area contributed by atoms with Crippen molar-refractivity contribution in [1.29, 1.82) is 0 Å². The molecule has 0 aliphatic carbocycles. The quantitative estimate of drug-likeness (QED) is 0.876. The van der Waals surface area contributed by atoms with Gasteiger partial charge in [-0.05, 0) is 25.2 Å². The van der Waals surface area contributed by atoms with Crippen LogP contribution >= 0.6 is 15.9 Å². The van der Waals surface area contributed by atoms with Crippen molar-refractivity contribution in [3.63, 3.8) is 0 Å². The van der Waals surface area contributed by atoms with E-state index in [2.05, 4.69) is 32.8 Å². The lowest BCUT2D eigenvalue weighted by Crippen LogP contribution is -2.46. The van der Waals surface area contributed by atoms with Crippen molar-refractivity contribution in [2.24, 2.45) is 0 Å². The number of carbonyl (C=O) groups is 1. The number of methoxy groups -OCH3 is 1. The molecule has 1 aromatic rings. The number of carboxylic acids is 1. The molecule has 116 valence electrons. The molecule has 0 amide bonds. The molecule has 1 heterocycles. The van der Waals surface area contributed by atoms with Crippen LogP contribution in [0.15, 0.2) is 22.7 Å². The van der Waals surface area contributed by atoms with Crippen molar-refractivity contribution < 1.29 is 14.6 Å². The fourth-order valence-corrected chi connectivity index (χ4v) is 3.08. The zero-order valence-corrected chi connectivity index (χ0v) is 14.0. The summed E-state index contributed by atoms with van der Waals surface area (Å²) < 4.78 is 6.36. The lowest BCUT2D eigenvalue weighted by atomic mass is 10.00. The SMILES string of the molecule is COc1ccc(Br)cc1C(CC(=O)O)N1CCN(C)CC1. The zero-order chi connectivity index (χ0) is 15.4. The summed E-state index contributed by atoms with van der Waals surface area (Å²) in [6, 6.07) is 5.59. The van der Waals surface area contributed by atoms with E-state index in [0.29, 0.717) is 0 Å². The molecule has 1 fully saturated rings. The van der Waals surface area contributed by atoms with Gasteiger partial charge in [0, 0.05) is 42.3 Å². The average molecular weight is 357 g/mol.